The molecule has 5 heteroatoms. The van der Waals surface area contributed by atoms with Gasteiger partial charge in [0.1, 0.15) is 5.82 Å². The average Bonchev–Trinajstić information content (AvgIpc) is 2.61. The molecule has 1 aromatic heterocycles. The number of hydrogen-bond acceptors (Lipinski definition) is 4. The maximum Gasteiger partial charge on any atom is 0.129 e. The lowest BCUT2D eigenvalue weighted by atomic mass is 10.1. The lowest BCUT2D eigenvalue weighted by Gasteiger charge is -2.25. The molecule has 0 bridgehead atoms. The zero-order chi connectivity index (χ0) is 15.5. The van der Waals surface area contributed by atoms with Gasteiger partial charge >= 0.3 is 0 Å². The van der Waals surface area contributed by atoms with Crippen molar-refractivity contribution in [3.63, 3.8) is 0 Å². The third kappa shape index (κ3) is 5.13. The maximum atomic E-state index is 6.28. The number of halogens is 1. The molecule has 118 valence electrons. The number of ether oxygens (including phenoxy) is 1. The van der Waals surface area contributed by atoms with Crippen LogP contribution in [0.1, 0.15) is 39.8 Å². The Labute approximate surface area is 132 Å². The molecule has 1 saturated heterocycles. The highest BCUT2D eigenvalue weighted by Gasteiger charge is 2.18. The minimum atomic E-state index is 0.0476. The second-order valence-corrected chi connectivity index (χ2v) is 7.09. The molecule has 1 fully saturated rings. The molecule has 1 atom stereocenters. The quantitative estimate of drug-likeness (QED) is 0.930. The van der Waals surface area contributed by atoms with Gasteiger partial charge in [-0.3, -0.25) is 0 Å². The summed E-state index contributed by atoms with van der Waals surface area (Å²) in [5.41, 5.74) is 0.952. The van der Waals surface area contributed by atoms with Crippen LogP contribution in [0.25, 0.3) is 0 Å². The van der Waals surface area contributed by atoms with Gasteiger partial charge in [-0.1, -0.05) is 11.6 Å². The second kappa shape index (κ2) is 6.95. The summed E-state index contributed by atoms with van der Waals surface area (Å²) in [4.78, 5) is 7.04. The van der Waals surface area contributed by atoms with Gasteiger partial charge in [-0.2, -0.15) is 0 Å². The van der Waals surface area contributed by atoms with Crippen LogP contribution in [0.5, 0.6) is 0 Å². The van der Waals surface area contributed by atoms with Gasteiger partial charge in [0.25, 0.3) is 0 Å². The molecule has 0 spiro atoms. The van der Waals surface area contributed by atoms with Gasteiger partial charge in [0.2, 0.25) is 0 Å². The lowest BCUT2D eigenvalue weighted by Crippen LogP contribution is -2.36. The predicted molar refractivity (Wildman–Crippen MR) is 88.1 cm³/mol. The van der Waals surface area contributed by atoms with E-state index >= 15 is 0 Å². The van der Waals surface area contributed by atoms with Crippen LogP contribution >= 0.6 is 11.6 Å². The van der Waals surface area contributed by atoms with Crippen LogP contribution in [0, 0.1) is 0 Å². The summed E-state index contributed by atoms with van der Waals surface area (Å²) in [6.07, 6.45) is 1.27. The molecule has 1 N–H and O–H groups in total. The van der Waals surface area contributed by atoms with Crippen molar-refractivity contribution in [2.24, 2.45) is 0 Å². The number of aromatic nitrogens is 1. The van der Waals surface area contributed by atoms with Crippen molar-refractivity contribution in [1.29, 1.82) is 0 Å². The van der Waals surface area contributed by atoms with E-state index in [1.54, 1.807) is 0 Å². The van der Waals surface area contributed by atoms with Crippen LogP contribution in [0.3, 0.4) is 0 Å². The Balaban J connectivity index is 2.13. The van der Waals surface area contributed by atoms with Crippen molar-refractivity contribution < 1.29 is 4.74 Å². The summed E-state index contributed by atoms with van der Waals surface area (Å²) < 4.78 is 5.69. The maximum absolute atomic E-state index is 6.28. The van der Waals surface area contributed by atoms with E-state index in [2.05, 4.69) is 37.9 Å². The number of nitrogens with one attached hydrogen (secondary N) is 1. The van der Waals surface area contributed by atoms with E-state index < -0.39 is 0 Å². The van der Waals surface area contributed by atoms with E-state index in [-0.39, 0.29) is 11.6 Å². The third-order valence-electron chi connectivity index (χ3n) is 3.47. The number of hydrogen-bond donors (Lipinski definition) is 1. The molecule has 2 heterocycles. The molecule has 0 aromatic carbocycles. The lowest BCUT2D eigenvalue weighted by molar-refractivity contribution is 0.0820. The summed E-state index contributed by atoms with van der Waals surface area (Å²) in [6, 6.07) is 3.95. The third-order valence-corrected chi connectivity index (χ3v) is 3.81. The molecule has 0 radical (unpaired) electrons. The minimum Gasteiger partial charge on any atom is -0.377 e. The van der Waals surface area contributed by atoms with Crippen molar-refractivity contribution in [3.8, 4) is 0 Å². The van der Waals surface area contributed by atoms with Crippen molar-refractivity contribution in [2.45, 2.75) is 52.3 Å². The number of anilines is 1. The molecule has 2 rings (SSSR count). The topological polar surface area (TPSA) is 37.4 Å². The van der Waals surface area contributed by atoms with E-state index in [9.17, 15) is 0 Å². The van der Waals surface area contributed by atoms with Gasteiger partial charge in [0.15, 0.2) is 0 Å². The summed E-state index contributed by atoms with van der Waals surface area (Å²) in [5.74, 6) is 0.988. The Morgan fingerprint density at radius 3 is 2.90 bits per heavy atom. The zero-order valence-corrected chi connectivity index (χ0v) is 14.2. The predicted octanol–water partition coefficient (Wildman–Crippen LogP) is 3.24. The van der Waals surface area contributed by atoms with E-state index in [1.165, 1.54) is 0 Å². The summed E-state index contributed by atoms with van der Waals surface area (Å²) >= 11 is 6.28. The summed E-state index contributed by atoms with van der Waals surface area (Å²) in [7, 11) is 0. The minimum absolute atomic E-state index is 0.0476. The molecule has 1 aliphatic heterocycles. The number of nitrogens with zero attached hydrogens (tertiary/aromatic N) is 2. The molecule has 4 nitrogen and oxygen atoms in total. The smallest absolute Gasteiger partial charge is 0.129 e. The van der Waals surface area contributed by atoms with Crippen LogP contribution in [-0.4, -0.2) is 36.3 Å². The Morgan fingerprint density at radius 2 is 2.19 bits per heavy atom. The molecule has 0 saturated carbocycles. The fraction of sp³-hybridized carbons (Fsp3) is 0.688. The Hall–Kier alpha value is -0.840. The molecular weight excluding hydrogens is 286 g/mol. The van der Waals surface area contributed by atoms with E-state index in [4.69, 9.17) is 21.3 Å². The highest BCUT2D eigenvalue weighted by Crippen LogP contribution is 2.21. The first-order valence-corrected chi connectivity index (χ1v) is 8.00. The monoisotopic (exact) mass is 311 g/mol. The van der Waals surface area contributed by atoms with Gasteiger partial charge in [0.05, 0.1) is 16.8 Å². The largest absolute Gasteiger partial charge is 0.377 e. The second-order valence-electron chi connectivity index (χ2n) is 6.68. The van der Waals surface area contributed by atoms with Gasteiger partial charge in [-0.05, 0) is 46.2 Å². The normalized spacial score (nSPS) is 20.4. The summed E-state index contributed by atoms with van der Waals surface area (Å²) in [5, 5.41) is 4.16. The standard InChI is InChI=1S/C16H26ClN3O/c1-12-11-20(8-5-9-21-12)15-7-6-13(17)14(19-15)10-18-16(2,3)4/h6-7,12,18H,5,8-11H2,1-4H3. The van der Waals surface area contributed by atoms with Crippen LogP contribution in [0.2, 0.25) is 5.02 Å². The van der Waals surface area contributed by atoms with Crippen molar-refractivity contribution in [3.05, 3.63) is 22.8 Å². The van der Waals surface area contributed by atoms with E-state index in [1.807, 2.05) is 12.1 Å². The van der Waals surface area contributed by atoms with E-state index in [0.29, 0.717) is 6.54 Å². The highest BCUT2D eigenvalue weighted by atomic mass is 35.5. The Morgan fingerprint density at radius 1 is 1.43 bits per heavy atom. The summed E-state index contributed by atoms with van der Waals surface area (Å²) in [6.45, 7) is 11.9. The average molecular weight is 312 g/mol. The van der Waals surface area contributed by atoms with Crippen molar-refractivity contribution in [2.75, 3.05) is 24.6 Å². The van der Waals surface area contributed by atoms with E-state index in [0.717, 1.165) is 42.7 Å². The fourth-order valence-electron chi connectivity index (χ4n) is 2.32. The molecule has 1 aliphatic rings. The molecule has 1 aromatic rings. The first-order valence-electron chi connectivity index (χ1n) is 7.62. The first kappa shape index (κ1) is 16.5. The first-order chi connectivity index (χ1) is 9.85. The number of rotatable bonds is 3. The molecule has 0 amide bonds. The molecule has 21 heavy (non-hydrogen) atoms. The Kier molecular flexibility index (Phi) is 5.47. The van der Waals surface area contributed by atoms with Gasteiger partial charge < -0.3 is 15.0 Å². The van der Waals surface area contributed by atoms with Crippen molar-refractivity contribution >= 4 is 17.4 Å². The van der Waals surface area contributed by atoms with Crippen LogP contribution in [-0.2, 0) is 11.3 Å². The van der Waals surface area contributed by atoms with Crippen LogP contribution in [0.4, 0.5) is 5.82 Å². The highest BCUT2D eigenvalue weighted by molar-refractivity contribution is 6.31. The van der Waals surface area contributed by atoms with Crippen LogP contribution in [0.15, 0.2) is 12.1 Å². The van der Waals surface area contributed by atoms with Gasteiger partial charge in [-0.15, -0.1) is 0 Å². The molecule has 1 unspecified atom stereocenters. The SMILES string of the molecule is CC1CN(c2ccc(Cl)c(CNC(C)(C)C)n2)CCCO1. The zero-order valence-electron chi connectivity index (χ0n) is 13.4. The van der Waals surface area contributed by atoms with Crippen LogP contribution < -0.4 is 10.2 Å². The van der Waals surface area contributed by atoms with Gasteiger partial charge in [-0.25, -0.2) is 4.98 Å². The van der Waals surface area contributed by atoms with Gasteiger partial charge in [0, 0.05) is 31.8 Å². The number of pyridine rings is 1. The molecular formula is C16H26ClN3O. The fourth-order valence-corrected chi connectivity index (χ4v) is 2.50. The Bertz CT molecular complexity index is 473. The van der Waals surface area contributed by atoms with Crippen molar-refractivity contribution in [1.82, 2.24) is 10.3 Å². The molecule has 0 aliphatic carbocycles.